The fourth-order valence-corrected chi connectivity index (χ4v) is 2.74. The SMILES string of the molecule is CCNC(=NCc1nc(-c2ccco2)n[nH]1)NCCc1ccc(OC)c(OC)c1.I. The molecule has 0 fully saturated rings. The number of nitrogens with one attached hydrogen (secondary N) is 3. The van der Waals surface area contributed by atoms with Gasteiger partial charge in [-0.15, -0.1) is 29.1 Å². The van der Waals surface area contributed by atoms with Crippen molar-refractivity contribution in [1.29, 1.82) is 0 Å². The van der Waals surface area contributed by atoms with Crippen LogP contribution < -0.4 is 20.1 Å². The van der Waals surface area contributed by atoms with Crippen LogP contribution in [0.3, 0.4) is 0 Å². The van der Waals surface area contributed by atoms with Gasteiger partial charge in [0.2, 0.25) is 5.82 Å². The molecule has 0 saturated carbocycles. The molecule has 0 unspecified atom stereocenters. The number of aromatic amines is 1. The highest BCUT2D eigenvalue weighted by atomic mass is 127. The van der Waals surface area contributed by atoms with Crippen molar-refractivity contribution < 1.29 is 13.9 Å². The second kappa shape index (κ2) is 12.1. The summed E-state index contributed by atoms with van der Waals surface area (Å²) in [4.78, 5) is 8.96. The van der Waals surface area contributed by atoms with E-state index in [1.54, 1.807) is 26.5 Å². The fraction of sp³-hybridized carbons (Fsp3) is 0.350. The number of guanidine groups is 1. The molecular formula is C20H27IN6O3. The number of hydrogen-bond donors (Lipinski definition) is 3. The Morgan fingerprint density at radius 1 is 1.17 bits per heavy atom. The molecule has 10 heteroatoms. The topological polar surface area (TPSA) is 110 Å². The first-order valence-corrected chi connectivity index (χ1v) is 9.41. The summed E-state index contributed by atoms with van der Waals surface area (Å²) in [7, 11) is 3.26. The zero-order chi connectivity index (χ0) is 20.5. The van der Waals surface area contributed by atoms with Crippen molar-refractivity contribution in [3.63, 3.8) is 0 Å². The number of ether oxygens (including phenoxy) is 2. The molecule has 3 rings (SSSR count). The molecule has 0 aliphatic carbocycles. The highest BCUT2D eigenvalue weighted by Crippen LogP contribution is 2.27. The highest BCUT2D eigenvalue weighted by Gasteiger charge is 2.08. The molecule has 0 saturated heterocycles. The monoisotopic (exact) mass is 526 g/mol. The lowest BCUT2D eigenvalue weighted by molar-refractivity contribution is 0.354. The largest absolute Gasteiger partial charge is 0.493 e. The van der Waals surface area contributed by atoms with Crippen LogP contribution in [0.4, 0.5) is 0 Å². The minimum atomic E-state index is 0. The summed E-state index contributed by atoms with van der Waals surface area (Å²) < 4.78 is 15.9. The van der Waals surface area contributed by atoms with Gasteiger partial charge in [0, 0.05) is 13.1 Å². The number of aromatic nitrogens is 3. The minimum Gasteiger partial charge on any atom is -0.493 e. The Balaban J connectivity index is 0.00000320. The second-order valence-corrected chi connectivity index (χ2v) is 6.14. The predicted octanol–water partition coefficient (Wildman–Crippen LogP) is 3.00. The molecular weight excluding hydrogens is 499 g/mol. The third-order valence-corrected chi connectivity index (χ3v) is 4.16. The number of H-pyrrole nitrogens is 1. The van der Waals surface area contributed by atoms with Crippen LogP contribution in [0.5, 0.6) is 11.5 Å². The van der Waals surface area contributed by atoms with Crippen LogP contribution in [0.1, 0.15) is 18.3 Å². The van der Waals surface area contributed by atoms with Crippen molar-refractivity contribution in [2.24, 2.45) is 4.99 Å². The maximum atomic E-state index is 5.35. The first-order chi connectivity index (χ1) is 14.2. The predicted molar refractivity (Wildman–Crippen MR) is 126 cm³/mol. The van der Waals surface area contributed by atoms with Gasteiger partial charge in [0.05, 0.1) is 20.5 Å². The molecule has 1 aromatic carbocycles. The summed E-state index contributed by atoms with van der Waals surface area (Å²) in [6.07, 6.45) is 2.41. The molecule has 0 bridgehead atoms. The number of hydrogen-bond acceptors (Lipinski definition) is 6. The smallest absolute Gasteiger partial charge is 0.216 e. The molecule has 0 radical (unpaired) electrons. The summed E-state index contributed by atoms with van der Waals surface area (Å²) in [5.74, 6) is 3.96. The average Bonchev–Trinajstić information content (AvgIpc) is 3.43. The molecule has 3 N–H and O–H groups in total. The molecule has 9 nitrogen and oxygen atoms in total. The molecule has 2 aromatic heterocycles. The van der Waals surface area contributed by atoms with E-state index in [0.717, 1.165) is 36.6 Å². The Morgan fingerprint density at radius 3 is 2.70 bits per heavy atom. The van der Waals surface area contributed by atoms with E-state index in [1.807, 2.05) is 31.2 Å². The third kappa shape index (κ3) is 6.37. The number of halogens is 1. The van der Waals surface area contributed by atoms with Crippen LogP contribution in [-0.4, -0.2) is 48.5 Å². The Morgan fingerprint density at radius 2 is 2.00 bits per heavy atom. The van der Waals surface area contributed by atoms with E-state index in [-0.39, 0.29) is 24.0 Å². The van der Waals surface area contributed by atoms with E-state index in [1.165, 1.54) is 0 Å². The number of aliphatic imine (C=N–C) groups is 1. The first kappa shape index (κ1) is 23.5. The van der Waals surface area contributed by atoms with Crippen LogP contribution in [0.15, 0.2) is 46.0 Å². The number of nitrogens with zero attached hydrogens (tertiary/aromatic N) is 3. The minimum absolute atomic E-state index is 0. The van der Waals surface area contributed by atoms with Crippen LogP contribution in [0.25, 0.3) is 11.6 Å². The van der Waals surface area contributed by atoms with Gasteiger partial charge in [-0.2, -0.15) is 0 Å². The van der Waals surface area contributed by atoms with Crippen LogP contribution in [-0.2, 0) is 13.0 Å². The maximum absolute atomic E-state index is 5.35. The van der Waals surface area contributed by atoms with Gasteiger partial charge in [0.1, 0.15) is 12.4 Å². The van der Waals surface area contributed by atoms with E-state index >= 15 is 0 Å². The Kier molecular flexibility index (Phi) is 9.45. The van der Waals surface area contributed by atoms with Crippen molar-refractivity contribution in [2.45, 2.75) is 19.9 Å². The van der Waals surface area contributed by atoms with Gasteiger partial charge >= 0.3 is 0 Å². The lowest BCUT2D eigenvalue weighted by Gasteiger charge is -2.12. The van der Waals surface area contributed by atoms with E-state index in [9.17, 15) is 0 Å². The van der Waals surface area contributed by atoms with Crippen molar-refractivity contribution in [2.75, 3.05) is 27.3 Å². The standard InChI is InChI=1S/C20H26N6O3.HI/c1-4-21-20(22-10-9-14-7-8-15(27-2)17(12-14)28-3)23-13-18-24-19(26-25-18)16-6-5-11-29-16;/h5-8,11-12H,4,9-10,13H2,1-3H3,(H2,21,22,23)(H,24,25,26);1H. The van der Waals surface area contributed by atoms with Crippen molar-refractivity contribution in [3.8, 4) is 23.1 Å². The summed E-state index contributed by atoms with van der Waals surface area (Å²) in [6.45, 7) is 3.88. The van der Waals surface area contributed by atoms with Crippen LogP contribution >= 0.6 is 24.0 Å². The number of methoxy groups -OCH3 is 2. The quantitative estimate of drug-likeness (QED) is 0.224. The van der Waals surface area contributed by atoms with Gasteiger partial charge in [-0.25, -0.2) is 9.98 Å². The molecule has 0 atom stereocenters. The molecule has 2 heterocycles. The van der Waals surface area contributed by atoms with Gasteiger partial charge in [0.25, 0.3) is 0 Å². The van der Waals surface area contributed by atoms with E-state index in [2.05, 4.69) is 30.8 Å². The molecule has 0 aliphatic heterocycles. The van der Waals surface area contributed by atoms with Crippen LogP contribution in [0.2, 0.25) is 0 Å². The molecule has 0 amide bonds. The highest BCUT2D eigenvalue weighted by molar-refractivity contribution is 14.0. The normalized spacial score (nSPS) is 11.0. The van der Waals surface area contributed by atoms with E-state index in [0.29, 0.717) is 29.9 Å². The van der Waals surface area contributed by atoms with Crippen molar-refractivity contribution in [1.82, 2.24) is 25.8 Å². The van der Waals surface area contributed by atoms with Crippen molar-refractivity contribution in [3.05, 3.63) is 48.0 Å². The van der Waals surface area contributed by atoms with E-state index in [4.69, 9.17) is 13.9 Å². The molecule has 0 spiro atoms. The zero-order valence-corrected chi connectivity index (χ0v) is 19.6. The van der Waals surface area contributed by atoms with Gasteiger partial charge in [-0.1, -0.05) is 6.07 Å². The summed E-state index contributed by atoms with van der Waals surface area (Å²) in [5, 5.41) is 13.6. The van der Waals surface area contributed by atoms with Gasteiger partial charge in [0.15, 0.2) is 23.2 Å². The first-order valence-electron chi connectivity index (χ1n) is 9.41. The van der Waals surface area contributed by atoms with Gasteiger partial charge in [-0.3, -0.25) is 5.10 Å². The molecule has 0 aliphatic rings. The summed E-state index contributed by atoms with van der Waals surface area (Å²) in [6, 6.07) is 9.53. The summed E-state index contributed by atoms with van der Waals surface area (Å²) in [5.41, 5.74) is 1.14. The molecule has 3 aromatic rings. The van der Waals surface area contributed by atoms with Gasteiger partial charge in [-0.05, 0) is 43.2 Å². The maximum Gasteiger partial charge on any atom is 0.216 e. The Bertz CT molecular complexity index is 927. The molecule has 162 valence electrons. The zero-order valence-electron chi connectivity index (χ0n) is 17.3. The number of benzene rings is 1. The number of furan rings is 1. The second-order valence-electron chi connectivity index (χ2n) is 6.14. The van der Waals surface area contributed by atoms with Crippen LogP contribution in [0, 0.1) is 0 Å². The number of rotatable bonds is 9. The third-order valence-electron chi connectivity index (χ3n) is 4.16. The fourth-order valence-electron chi connectivity index (χ4n) is 2.74. The summed E-state index contributed by atoms with van der Waals surface area (Å²) >= 11 is 0. The Labute approximate surface area is 192 Å². The lowest BCUT2D eigenvalue weighted by Crippen LogP contribution is -2.38. The van der Waals surface area contributed by atoms with Crippen molar-refractivity contribution >= 4 is 29.9 Å². The van der Waals surface area contributed by atoms with Gasteiger partial charge < -0.3 is 24.5 Å². The lowest BCUT2D eigenvalue weighted by atomic mass is 10.1. The molecule has 30 heavy (non-hydrogen) atoms. The average molecular weight is 526 g/mol. The Hall–Kier alpha value is -2.76. The van der Waals surface area contributed by atoms with E-state index < -0.39 is 0 Å².